The van der Waals surface area contributed by atoms with Gasteiger partial charge in [-0.1, -0.05) is 30.9 Å². The van der Waals surface area contributed by atoms with Crippen molar-refractivity contribution in [1.82, 2.24) is 10.6 Å². The van der Waals surface area contributed by atoms with E-state index in [-0.39, 0.29) is 24.4 Å². The summed E-state index contributed by atoms with van der Waals surface area (Å²) in [5.41, 5.74) is -1.08. The second-order valence-corrected chi connectivity index (χ2v) is 7.09. The molecule has 0 bridgehead atoms. The Kier molecular flexibility index (Phi) is 6.49. The van der Waals surface area contributed by atoms with Crippen LogP contribution in [0.15, 0.2) is 24.3 Å². The smallest absolute Gasteiger partial charge is 0.264 e. The van der Waals surface area contributed by atoms with Crippen molar-refractivity contribution in [2.24, 2.45) is 0 Å². The molecule has 24 heavy (non-hydrogen) atoms. The lowest BCUT2D eigenvalue weighted by Gasteiger charge is -2.26. The molecule has 2 N–H and O–H groups in total. The van der Waals surface area contributed by atoms with E-state index in [0.717, 1.165) is 25.7 Å². The third-order valence-electron chi connectivity index (χ3n) is 4.11. The topological polar surface area (TPSA) is 67.4 Å². The Hall–Kier alpha value is -1.75. The zero-order valence-electron chi connectivity index (χ0n) is 14.2. The summed E-state index contributed by atoms with van der Waals surface area (Å²) >= 11 is 5.83. The minimum absolute atomic E-state index is 0.0389. The minimum Gasteiger partial charge on any atom is -0.478 e. The van der Waals surface area contributed by atoms with Crippen molar-refractivity contribution in [1.29, 1.82) is 0 Å². The summed E-state index contributed by atoms with van der Waals surface area (Å²) < 4.78 is 5.70. The van der Waals surface area contributed by atoms with Crippen molar-refractivity contribution >= 4 is 23.4 Å². The van der Waals surface area contributed by atoms with E-state index in [1.165, 1.54) is 6.42 Å². The second kappa shape index (κ2) is 8.38. The number of rotatable bonds is 6. The molecule has 1 saturated carbocycles. The Morgan fingerprint density at radius 1 is 1.17 bits per heavy atom. The first-order valence-electron chi connectivity index (χ1n) is 8.39. The van der Waals surface area contributed by atoms with Gasteiger partial charge in [0.1, 0.15) is 5.75 Å². The Morgan fingerprint density at radius 3 is 2.42 bits per heavy atom. The number of hydrogen-bond donors (Lipinski definition) is 2. The Morgan fingerprint density at radius 2 is 1.79 bits per heavy atom. The van der Waals surface area contributed by atoms with Gasteiger partial charge in [-0.2, -0.15) is 0 Å². The van der Waals surface area contributed by atoms with Crippen LogP contribution < -0.4 is 15.4 Å². The van der Waals surface area contributed by atoms with Crippen LogP contribution in [0.5, 0.6) is 5.75 Å². The number of carbonyl (C=O) groups is 2. The summed E-state index contributed by atoms with van der Waals surface area (Å²) in [5.74, 6) is 0.0556. The van der Waals surface area contributed by atoms with Crippen molar-refractivity contribution in [2.45, 2.75) is 57.6 Å². The monoisotopic (exact) mass is 352 g/mol. The summed E-state index contributed by atoms with van der Waals surface area (Å²) in [7, 11) is 0. The maximum absolute atomic E-state index is 12.3. The Bertz CT molecular complexity index is 566. The van der Waals surface area contributed by atoms with Gasteiger partial charge >= 0.3 is 0 Å². The normalized spacial score (nSPS) is 15.6. The molecule has 132 valence electrons. The maximum Gasteiger partial charge on any atom is 0.264 e. The molecule has 1 fully saturated rings. The predicted octanol–water partition coefficient (Wildman–Crippen LogP) is 3.06. The van der Waals surface area contributed by atoms with E-state index < -0.39 is 5.60 Å². The fourth-order valence-corrected chi connectivity index (χ4v) is 2.87. The highest BCUT2D eigenvalue weighted by Gasteiger charge is 2.30. The molecule has 0 aliphatic heterocycles. The van der Waals surface area contributed by atoms with E-state index in [2.05, 4.69) is 10.6 Å². The van der Waals surface area contributed by atoms with Gasteiger partial charge in [-0.05, 0) is 51.0 Å². The number of amides is 2. The molecule has 0 heterocycles. The largest absolute Gasteiger partial charge is 0.478 e. The summed E-state index contributed by atoms with van der Waals surface area (Å²) in [5, 5.41) is 6.22. The summed E-state index contributed by atoms with van der Waals surface area (Å²) in [4.78, 5) is 24.2. The van der Waals surface area contributed by atoms with E-state index in [9.17, 15) is 9.59 Å². The van der Waals surface area contributed by atoms with Crippen molar-refractivity contribution in [3.05, 3.63) is 29.3 Å². The molecule has 6 heteroatoms. The zero-order valence-corrected chi connectivity index (χ0v) is 15.0. The first-order valence-corrected chi connectivity index (χ1v) is 8.77. The molecule has 0 aromatic heterocycles. The van der Waals surface area contributed by atoms with Gasteiger partial charge in [0.25, 0.3) is 5.91 Å². The van der Waals surface area contributed by atoms with E-state index in [0.29, 0.717) is 10.8 Å². The molecule has 5 nitrogen and oxygen atoms in total. The lowest BCUT2D eigenvalue weighted by molar-refractivity contribution is -0.136. The molecule has 0 unspecified atom stereocenters. The average Bonchev–Trinajstić information content (AvgIpc) is 2.55. The molecule has 1 aromatic rings. The minimum atomic E-state index is -1.08. The van der Waals surface area contributed by atoms with Gasteiger partial charge in [0.2, 0.25) is 5.91 Å². The van der Waals surface area contributed by atoms with Gasteiger partial charge in [-0.3, -0.25) is 9.59 Å². The van der Waals surface area contributed by atoms with Crippen LogP contribution in [-0.2, 0) is 9.59 Å². The van der Waals surface area contributed by atoms with Crippen molar-refractivity contribution < 1.29 is 14.3 Å². The molecule has 1 aromatic carbocycles. The first-order chi connectivity index (χ1) is 11.4. The molecule has 0 atom stereocenters. The van der Waals surface area contributed by atoms with E-state index in [1.54, 1.807) is 38.1 Å². The average molecular weight is 353 g/mol. The van der Waals surface area contributed by atoms with Crippen LogP contribution in [-0.4, -0.2) is 30.0 Å². The number of nitrogens with one attached hydrogen (secondary N) is 2. The SMILES string of the molecule is CC(C)(Oc1ccc(Cl)cc1)C(=O)NCC(=O)NC1CCCCC1. The van der Waals surface area contributed by atoms with E-state index in [4.69, 9.17) is 16.3 Å². The maximum atomic E-state index is 12.3. The van der Waals surface area contributed by atoms with Crippen LogP contribution in [0.2, 0.25) is 5.02 Å². The molecular formula is C18H25ClN2O3. The summed E-state index contributed by atoms with van der Waals surface area (Å²) in [6.07, 6.45) is 5.58. The summed E-state index contributed by atoms with van der Waals surface area (Å²) in [6.45, 7) is 3.29. The zero-order chi connectivity index (χ0) is 17.6. The van der Waals surface area contributed by atoms with Gasteiger partial charge in [0.05, 0.1) is 6.54 Å². The highest BCUT2D eigenvalue weighted by Crippen LogP contribution is 2.21. The third-order valence-corrected chi connectivity index (χ3v) is 4.37. The molecule has 1 aliphatic rings. The Labute approximate surface area is 148 Å². The number of carbonyl (C=O) groups excluding carboxylic acids is 2. The fourth-order valence-electron chi connectivity index (χ4n) is 2.74. The molecule has 2 amide bonds. The van der Waals surface area contributed by atoms with Gasteiger partial charge in [-0.25, -0.2) is 0 Å². The van der Waals surface area contributed by atoms with Crippen molar-refractivity contribution in [3.8, 4) is 5.75 Å². The van der Waals surface area contributed by atoms with Crippen molar-refractivity contribution in [3.63, 3.8) is 0 Å². The number of ether oxygens (including phenoxy) is 1. The van der Waals surface area contributed by atoms with E-state index in [1.807, 2.05) is 0 Å². The van der Waals surface area contributed by atoms with Crippen LogP contribution >= 0.6 is 11.6 Å². The Balaban J connectivity index is 1.79. The quantitative estimate of drug-likeness (QED) is 0.826. The second-order valence-electron chi connectivity index (χ2n) is 6.65. The van der Waals surface area contributed by atoms with Gasteiger partial charge in [0.15, 0.2) is 5.60 Å². The predicted molar refractivity (Wildman–Crippen MR) is 94.2 cm³/mol. The number of halogens is 1. The van der Waals surface area contributed by atoms with Crippen LogP contribution in [0.25, 0.3) is 0 Å². The van der Waals surface area contributed by atoms with Crippen LogP contribution in [0.4, 0.5) is 0 Å². The fraction of sp³-hybridized carbons (Fsp3) is 0.556. The standard InChI is InChI=1S/C18H25ClN2O3/c1-18(2,24-15-10-8-13(19)9-11-15)17(23)20-12-16(22)21-14-6-4-3-5-7-14/h8-11,14H,3-7,12H2,1-2H3,(H,20,23)(H,21,22). The highest BCUT2D eigenvalue weighted by atomic mass is 35.5. The van der Waals surface area contributed by atoms with Crippen LogP contribution in [0.3, 0.4) is 0 Å². The number of hydrogen-bond acceptors (Lipinski definition) is 3. The summed E-state index contributed by atoms with van der Waals surface area (Å²) in [6, 6.07) is 7.03. The van der Waals surface area contributed by atoms with Gasteiger partial charge in [0, 0.05) is 11.1 Å². The molecular weight excluding hydrogens is 328 g/mol. The highest BCUT2D eigenvalue weighted by molar-refractivity contribution is 6.30. The third kappa shape index (κ3) is 5.71. The number of benzene rings is 1. The molecule has 2 rings (SSSR count). The van der Waals surface area contributed by atoms with Crippen LogP contribution in [0.1, 0.15) is 46.0 Å². The lowest BCUT2D eigenvalue weighted by atomic mass is 9.95. The van der Waals surface area contributed by atoms with E-state index >= 15 is 0 Å². The first kappa shape index (κ1) is 18.6. The van der Waals surface area contributed by atoms with Crippen molar-refractivity contribution in [2.75, 3.05) is 6.54 Å². The molecule has 0 radical (unpaired) electrons. The molecule has 0 saturated heterocycles. The molecule has 1 aliphatic carbocycles. The molecule has 0 spiro atoms. The van der Waals surface area contributed by atoms with Crippen LogP contribution in [0, 0.1) is 0 Å². The van der Waals surface area contributed by atoms with Gasteiger partial charge in [-0.15, -0.1) is 0 Å². The lowest BCUT2D eigenvalue weighted by Crippen LogP contribution is -2.50. The van der Waals surface area contributed by atoms with Gasteiger partial charge < -0.3 is 15.4 Å².